The molecule has 0 aromatic heterocycles. The van der Waals surface area contributed by atoms with E-state index in [2.05, 4.69) is 50.6 Å². The summed E-state index contributed by atoms with van der Waals surface area (Å²) in [5.74, 6) is 1.43. The number of halogens is 2. The van der Waals surface area contributed by atoms with Crippen LogP contribution >= 0.6 is 39.9 Å². The van der Waals surface area contributed by atoms with Crippen LogP contribution in [0.2, 0.25) is 0 Å². The predicted molar refractivity (Wildman–Crippen MR) is 117 cm³/mol. The van der Waals surface area contributed by atoms with Crippen molar-refractivity contribution in [1.82, 2.24) is 10.6 Å². The van der Waals surface area contributed by atoms with Gasteiger partial charge in [-0.1, -0.05) is 28.1 Å². The van der Waals surface area contributed by atoms with Gasteiger partial charge in [-0.2, -0.15) is 0 Å². The number of nitrogens with zero attached hydrogens (tertiary/aromatic N) is 1. The molecule has 1 unspecified atom stereocenters. The summed E-state index contributed by atoms with van der Waals surface area (Å²) in [6, 6.07) is 8.22. The molecule has 0 spiro atoms. The van der Waals surface area contributed by atoms with E-state index in [1.165, 1.54) is 5.56 Å². The van der Waals surface area contributed by atoms with Gasteiger partial charge >= 0.3 is 0 Å². The van der Waals surface area contributed by atoms with E-state index in [1.807, 2.05) is 12.1 Å². The normalized spacial score (nSPS) is 17.2. The highest BCUT2D eigenvalue weighted by atomic mass is 127. The van der Waals surface area contributed by atoms with Gasteiger partial charge in [0.1, 0.15) is 0 Å². The zero-order valence-electron chi connectivity index (χ0n) is 14.8. The third-order valence-corrected chi connectivity index (χ3v) is 4.28. The Labute approximate surface area is 176 Å². The Morgan fingerprint density at radius 3 is 3.00 bits per heavy atom. The van der Waals surface area contributed by atoms with Gasteiger partial charge in [-0.05, 0) is 37.5 Å². The highest BCUT2D eigenvalue weighted by Crippen LogP contribution is 2.13. The van der Waals surface area contributed by atoms with Gasteiger partial charge < -0.3 is 20.1 Å². The summed E-state index contributed by atoms with van der Waals surface area (Å²) in [6.45, 7) is 7.76. The molecular weight excluding hydrogens is 497 g/mol. The summed E-state index contributed by atoms with van der Waals surface area (Å²) in [4.78, 5) is 4.62. The van der Waals surface area contributed by atoms with E-state index < -0.39 is 0 Å². The van der Waals surface area contributed by atoms with Gasteiger partial charge in [0.2, 0.25) is 0 Å². The first-order valence-electron chi connectivity index (χ1n) is 8.70. The number of nitrogens with one attached hydrogen (secondary N) is 2. The molecule has 1 atom stereocenters. The molecule has 5 nitrogen and oxygen atoms in total. The number of benzene rings is 1. The summed E-state index contributed by atoms with van der Waals surface area (Å²) in [5, 5.41) is 6.63. The van der Waals surface area contributed by atoms with E-state index in [-0.39, 0.29) is 24.0 Å². The van der Waals surface area contributed by atoms with Crippen LogP contribution < -0.4 is 10.6 Å². The number of ether oxygens (including phenoxy) is 2. The number of hydrogen-bond donors (Lipinski definition) is 2. The molecule has 1 aliphatic rings. The fraction of sp³-hybridized carbons (Fsp3) is 0.611. The minimum atomic E-state index is 0. The molecule has 0 bridgehead atoms. The summed E-state index contributed by atoms with van der Waals surface area (Å²) in [6.07, 6.45) is 2.10. The first-order valence-corrected chi connectivity index (χ1v) is 9.49. The van der Waals surface area contributed by atoms with E-state index in [0.717, 1.165) is 62.8 Å². The van der Waals surface area contributed by atoms with Crippen molar-refractivity contribution in [3.05, 3.63) is 34.3 Å². The van der Waals surface area contributed by atoms with Crippen molar-refractivity contribution in [3.8, 4) is 0 Å². The molecule has 0 radical (unpaired) electrons. The maximum atomic E-state index is 5.72. The van der Waals surface area contributed by atoms with Crippen molar-refractivity contribution in [2.45, 2.75) is 26.3 Å². The van der Waals surface area contributed by atoms with Gasteiger partial charge in [0.15, 0.2) is 5.96 Å². The van der Waals surface area contributed by atoms with Crippen LogP contribution in [0.3, 0.4) is 0 Å². The number of rotatable bonds is 9. The van der Waals surface area contributed by atoms with Crippen molar-refractivity contribution >= 4 is 45.9 Å². The molecule has 1 aromatic rings. The minimum Gasteiger partial charge on any atom is -0.381 e. The zero-order valence-corrected chi connectivity index (χ0v) is 18.7. The number of hydrogen-bond acceptors (Lipinski definition) is 3. The molecule has 1 heterocycles. The van der Waals surface area contributed by atoms with Crippen molar-refractivity contribution < 1.29 is 9.47 Å². The van der Waals surface area contributed by atoms with Crippen molar-refractivity contribution in [3.63, 3.8) is 0 Å². The monoisotopic (exact) mass is 525 g/mol. The quantitative estimate of drug-likeness (QED) is 0.224. The van der Waals surface area contributed by atoms with Crippen LogP contribution in [0, 0.1) is 5.92 Å². The maximum Gasteiger partial charge on any atom is 0.191 e. The van der Waals surface area contributed by atoms with Gasteiger partial charge in [0.05, 0.1) is 19.8 Å². The summed E-state index contributed by atoms with van der Waals surface area (Å²) < 4.78 is 12.1. The summed E-state index contributed by atoms with van der Waals surface area (Å²) in [7, 11) is 0. The first-order chi connectivity index (χ1) is 11.8. The second kappa shape index (κ2) is 13.8. The smallest absolute Gasteiger partial charge is 0.191 e. The lowest BCUT2D eigenvalue weighted by molar-refractivity contribution is 0.0888. The topological polar surface area (TPSA) is 54.9 Å². The molecule has 7 heteroatoms. The largest absolute Gasteiger partial charge is 0.381 e. The number of guanidine groups is 1. The van der Waals surface area contributed by atoms with Gasteiger partial charge in [0.25, 0.3) is 0 Å². The minimum absolute atomic E-state index is 0. The molecule has 0 aliphatic carbocycles. The fourth-order valence-electron chi connectivity index (χ4n) is 2.49. The Hall–Kier alpha value is -0.380. The highest BCUT2D eigenvalue weighted by molar-refractivity contribution is 14.0. The molecule has 2 rings (SSSR count). The van der Waals surface area contributed by atoms with E-state index in [9.17, 15) is 0 Å². The SMILES string of the molecule is CCNC(=NCc1cccc(Br)c1)NCCCOCC1CCOC1.I. The first kappa shape index (κ1) is 22.7. The lowest BCUT2D eigenvalue weighted by atomic mass is 10.1. The predicted octanol–water partition coefficient (Wildman–Crippen LogP) is 3.57. The van der Waals surface area contributed by atoms with Crippen LogP contribution in [0.25, 0.3) is 0 Å². The molecule has 142 valence electrons. The van der Waals surface area contributed by atoms with Crippen LogP contribution in [0.4, 0.5) is 0 Å². The lowest BCUT2D eigenvalue weighted by Crippen LogP contribution is -2.38. The van der Waals surface area contributed by atoms with Crippen LogP contribution in [0.15, 0.2) is 33.7 Å². The molecule has 1 aromatic carbocycles. The van der Waals surface area contributed by atoms with E-state index >= 15 is 0 Å². The summed E-state index contributed by atoms with van der Waals surface area (Å²) in [5.41, 5.74) is 1.18. The van der Waals surface area contributed by atoms with E-state index in [4.69, 9.17) is 9.47 Å². The zero-order chi connectivity index (χ0) is 17.0. The second-order valence-electron chi connectivity index (χ2n) is 5.91. The van der Waals surface area contributed by atoms with Crippen molar-refractivity contribution in [2.24, 2.45) is 10.9 Å². The van der Waals surface area contributed by atoms with Crippen LogP contribution in [0.1, 0.15) is 25.3 Å². The summed E-state index contributed by atoms with van der Waals surface area (Å²) >= 11 is 3.49. The lowest BCUT2D eigenvalue weighted by Gasteiger charge is -2.12. The van der Waals surface area contributed by atoms with E-state index in [1.54, 1.807) is 0 Å². The molecule has 1 fully saturated rings. The third-order valence-electron chi connectivity index (χ3n) is 3.79. The van der Waals surface area contributed by atoms with Crippen molar-refractivity contribution in [2.75, 3.05) is 39.5 Å². The molecule has 1 saturated heterocycles. The maximum absolute atomic E-state index is 5.72. The molecule has 0 saturated carbocycles. The van der Waals surface area contributed by atoms with E-state index in [0.29, 0.717) is 12.5 Å². The van der Waals surface area contributed by atoms with Crippen LogP contribution in [-0.2, 0) is 16.0 Å². The van der Waals surface area contributed by atoms with Crippen molar-refractivity contribution in [1.29, 1.82) is 0 Å². The fourth-order valence-corrected chi connectivity index (χ4v) is 2.94. The highest BCUT2D eigenvalue weighted by Gasteiger charge is 2.15. The Morgan fingerprint density at radius 1 is 1.40 bits per heavy atom. The average Bonchev–Trinajstić information content (AvgIpc) is 3.09. The Morgan fingerprint density at radius 2 is 2.28 bits per heavy atom. The van der Waals surface area contributed by atoms with Gasteiger partial charge in [-0.15, -0.1) is 24.0 Å². The molecular formula is C18H29BrIN3O2. The van der Waals surface area contributed by atoms with Crippen LogP contribution in [0.5, 0.6) is 0 Å². The second-order valence-corrected chi connectivity index (χ2v) is 6.83. The third kappa shape index (κ3) is 9.77. The average molecular weight is 526 g/mol. The Bertz CT molecular complexity index is 511. The molecule has 0 amide bonds. The number of aliphatic imine (C=N–C) groups is 1. The molecule has 2 N–H and O–H groups in total. The Balaban J connectivity index is 0.00000312. The van der Waals surface area contributed by atoms with Crippen LogP contribution in [-0.4, -0.2) is 45.5 Å². The van der Waals surface area contributed by atoms with Gasteiger partial charge in [-0.25, -0.2) is 4.99 Å². The van der Waals surface area contributed by atoms with Gasteiger partial charge in [0, 0.05) is 36.7 Å². The molecule has 1 aliphatic heterocycles. The molecule has 25 heavy (non-hydrogen) atoms. The Kier molecular flexibility index (Phi) is 12.5. The standard InChI is InChI=1S/C18H28BrN3O2.HI/c1-2-20-18(22-12-15-5-3-6-17(19)11-15)21-8-4-9-23-13-16-7-10-24-14-16;/h3,5-6,11,16H,2,4,7-10,12-14H2,1H3,(H2,20,21,22);1H. The van der Waals surface area contributed by atoms with Gasteiger partial charge in [-0.3, -0.25) is 0 Å².